The zero-order chi connectivity index (χ0) is 18.4. The van der Waals surface area contributed by atoms with Crippen molar-refractivity contribution in [3.8, 4) is 23.0 Å². The van der Waals surface area contributed by atoms with Gasteiger partial charge in [0.25, 0.3) is 5.89 Å². The average Bonchev–Trinajstić information content (AvgIpc) is 3.25. The van der Waals surface area contributed by atoms with Gasteiger partial charge in [-0.15, -0.1) is 0 Å². The molecular weight excluding hydrogens is 339 g/mol. The van der Waals surface area contributed by atoms with Crippen LogP contribution in [0.15, 0.2) is 45.3 Å². The van der Waals surface area contributed by atoms with Gasteiger partial charge < -0.3 is 14.0 Å². The van der Waals surface area contributed by atoms with E-state index in [0.717, 1.165) is 28.2 Å². The van der Waals surface area contributed by atoms with E-state index in [9.17, 15) is 9.18 Å². The Morgan fingerprint density at radius 1 is 1.12 bits per heavy atom. The van der Waals surface area contributed by atoms with E-state index in [2.05, 4.69) is 10.1 Å². The Bertz CT molecular complexity index is 1120. The number of carboxylic acids is 1. The van der Waals surface area contributed by atoms with Crippen LogP contribution in [0.1, 0.15) is 21.5 Å². The molecule has 0 amide bonds. The topological polar surface area (TPSA) is 89.4 Å². The fraction of sp³-hybridized carbons (Fsp3) is 0.105. The Labute approximate surface area is 146 Å². The molecule has 130 valence electrons. The molecule has 0 radical (unpaired) electrons. The number of aromatic carboxylic acids is 1. The van der Waals surface area contributed by atoms with Crippen molar-refractivity contribution in [2.75, 3.05) is 0 Å². The third-order valence-corrected chi connectivity index (χ3v) is 4.19. The third kappa shape index (κ3) is 2.54. The number of hydrogen-bond acceptors (Lipinski definition) is 5. The van der Waals surface area contributed by atoms with Crippen molar-refractivity contribution in [1.29, 1.82) is 0 Å². The predicted molar refractivity (Wildman–Crippen MR) is 91.3 cm³/mol. The minimum Gasteiger partial charge on any atom is -0.478 e. The number of carbonyl (C=O) groups is 1. The molecule has 0 saturated carbocycles. The summed E-state index contributed by atoms with van der Waals surface area (Å²) in [7, 11) is 0. The molecule has 2 aromatic carbocycles. The molecular formula is C19H13FN2O4. The van der Waals surface area contributed by atoms with E-state index in [1.807, 2.05) is 26.0 Å². The Morgan fingerprint density at radius 3 is 2.58 bits per heavy atom. The lowest BCUT2D eigenvalue weighted by molar-refractivity contribution is 0.0696. The molecule has 6 nitrogen and oxygen atoms in total. The van der Waals surface area contributed by atoms with Crippen molar-refractivity contribution in [1.82, 2.24) is 10.1 Å². The molecule has 0 spiro atoms. The number of benzene rings is 2. The summed E-state index contributed by atoms with van der Waals surface area (Å²) in [6.45, 7) is 3.91. The van der Waals surface area contributed by atoms with Gasteiger partial charge in [-0.2, -0.15) is 4.98 Å². The molecule has 2 aromatic heterocycles. The SMILES string of the molecule is Cc1ccc(C)c2oc(-c3nc(-c4ccc(C(=O)O)cc4F)no3)cc12. The van der Waals surface area contributed by atoms with Crippen molar-refractivity contribution in [2.24, 2.45) is 0 Å². The minimum atomic E-state index is -1.21. The van der Waals surface area contributed by atoms with E-state index in [1.54, 1.807) is 6.07 Å². The molecule has 0 atom stereocenters. The summed E-state index contributed by atoms with van der Waals surface area (Å²) in [5.74, 6) is -1.43. The van der Waals surface area contributed by atoms with Gasteiger partial charge in [-0.1, -0.05) is 17.3 Å². The Morgan fingerprint density at radius 2 is 1.88 bits per heavy atom. The second-order valence-corrected chi connectivity index (χ2v) is 5.98. The highest BCUT2D eigenvalue weighted by atomic mass is 19.1. The summed E-state index contributed by atoms with van der Waals surface area (Å²) in [6, 6.07) is 9.27. The second-order valence-electron chi connectivity index (χ2n) is 5.98. The summed E-state index contributed by atoms with van der Waals surface area (Å²) in [5.41, 5.74) is 2.66. The number of carboxylic acid groups (broad SMARTS) is 1. The maximum atomic E-state index is 14.2. The summed E-state index contributed by atoms with van der Waals surface area (Å²) < 4.78 is 25.2. The Balaban J connectivity index is 1.76. The van der Waals surface area contributed by atoms with Crippen molar-refractivity contribution in [3.63, 3.8) is 0 Å². The van der Waals surface area contributed by atoms with Gasteiger partial charge >= 0.3 is 5.97 Å². The number of nitrogens with zero attached hydrogens (tertiary/aromatic N) is 2. The molecule has 7 heteroatoms. The van der Waals surface area contributed by atoms with Crippen LogP contribution in [-0.2, 0) is 0 Å². The highest BCUT2D eigenvalue weighted by Gasteiger charge is 2.19. The number of hydrogen-bond donors (Lipinski definition) is 1. The van der Waals surface area contributed by atoms with Crippen LogP contribution in [0.5, 0.6) is 0 Å². The van der Waals surface area contributed by atoms with Gasteiger partial charge in [0, 0.05) is 5.39 Å². The molecule has 0 unspecified atom stereocenters. The number of aryl methyl sites for hydroxylation is 2. The Kier molecular flexibility index (Phi) is 3.57. The maximum Gasteiger partial charge on any atom is 0.335 e. The number of halogens is 1. The molecule has 0 aliphatic heterocycles. The largest absolute Gasteiger partial charge is 0.478 e. The van der Waals surface area contributed by atoms with Gasteiger partial charge in [-0.25, -0.2) is 9.18 Å². The molecule has 0 aliphatic carbocycles. The molecule has 0 fully saturated rings. The third-order valence-electron chi connectivity index (χ3n) is 4.19. The first-order chi connectivity index (χ1) is 12.4. The summed E-state index contributed by atoms with van der Waals surface area (Å²) in [4.78, 5) is 15.1. The molecule has 1 N–H and O–H groups in total. The van der Waals surface area contributed by atoms with Crippen molar-refractivity contribution in [2.45, 2.75) is 13.8 Å². The predicted octanol–water partition coefficient (Wildman–Crippen LogP) is 4.60. The summed E-state index contributed by atoms with van der Waals surface area (Å²) in [6.07, 6.45) is 0. The molecule has 0 aliphatic rings. The lowest BCUT2D eigenvalue weighted by Crippen LogP contribution is -1.98. The van der Waals surface area contributed by atoms with E-state index < -0.39 is 11.8 Å². The van der Waals surface area contributed by atoms with Gasteiger partial charge in [-0.05, 0) is 49.2 Å². The van der Waals surface area contributed by atoms with Crippen LogP contribution in [0.25, 0.3) is 34.0 Å². The van der Waals surface area contributed by atoms with Crippen molar-refractivity contribution < 1.29 is 23.2 Å². The van der Waals surface area contributed by atoms with E-state index in [1.165, 1.54) is 12.1 Å². The van der Waals surface area contributed by atoms with E-state index in [-0.39, 0.29) is 22.8 Å². The van der Waals surface area contributed by atoms with E-state index in [4.69, 9.17) is 14.0 Å². The van der Waals surface area contributed by atoms with E-state index >= 15 is 0 Å². The van der Waals surface area contributed by atoms with Crippen LogP contribution in [-0.4, -0.2) is 21.2 Å². The van der Waals surface area contributed by atoms with Crippen LogP contribution >= 0.6 is 0 Å². The standard InChI is InChI=1S/C19H13FN2O4/c1-9-3-4-10(2)16-13(9)8-15(25-16)18-21-17(22-26-18)12-6-5-11(19(23)24)7-14(12)20/h3-8H,1-2H3,(H,23,24). The van der Waals surface area contributed by atoms with Crippen molar-refractivity contribution in [3.05, 3.63) is 58.9 Å². The first kappa shape index (κ1) is 16.0. The summed E-state index contributed by atoms with van der Waals surface area (Å²) in [5, 5.41) is 13.6. The molecule has 4 rings (SSSR count). The highest BCUT2D eigenvalue weighted by Crippen LogP contribution is 2.32. The molecule has 2 heterocycles. The molecule has 4 aromatic rings. The van der Waals surface area contributed by atoms with Crippen LogP contribution in [0.4, 0.5) is 4.39 Å². The Hall–Kier alpha value is -3.48. The van der Waals surface area contributed by atoms with Crippen molar-refractivity contribution >= 4 is 16.9 Å². The van der Waals surface area contributed by atoms with Gasteiger partial charge in [-0.3, -0.25) is 0 Å². The van der Waals surface area contributed by atoms with Crippen LogP contribution in [0.2, 0.25) is 0 Å². The highest BCUT2D eigenvalue weighted by molar-refractivity contribution is 5.88. The quantitative estimate of drug-likeness (QED) is 0.579. The van der Waals surface area contributed by atoms with Gasteiger partial charge in [0.15, 0.2) is 5.76 Å². The van der Waals surface area contributed by atoms with Gasteiger partial charge in [0.1, 0.15) is 11.4 Å². The zero-order valence-corrected chi connectivity index (χ0v) is 13.9. The average molecular weight is 352 g/mol. The first-order valence-electron chi connectivity index (χ1n) is 7.81. The second kappa shape index (κ2) is 5.80. The van der Waals surface area contributed by atoms with Crippen LogP contribution < -0.4 is 0 Å². The molecule has 0 saturated heterocycles. The van der Waals surface area contributed by atoms with Crippen LogP contribution in [0.3, 0.4) is 0 Å². The number of fused-ring (bicyclic) bond motifs is 1. The van der Waals surface area contributed by atoms with Crippen LogP contribution in [0, 0.1) is 19.7 Å². The fourth-order valence-corrected chi connectivity index (χ4v) is 2.76. The molecule has 0 bridgehead atoms. The normalized spacial score (nSPS) is 11.2. The number of furan rings is 1. The summed E-state index contributed by atoms with van der Waals surface area (Å²) >= 11 is 0. The van der Waals surface area contributed by atoms with Gasteiger partial charge in [0.2, 0.25) is 5.82 Å². The smallest absolute Gasteiger partial charge is 0.335 e. The lowest BCUT2D eigenvalue weighted by atomic mass is 10.1. The number of aromatic nitrogens is 2. The number of rotatable bonds is 3. The lowest BCUT2D eigenvalue weighted by Gasteiger charge is -1.99. The zero-order valence-electron chi connectivity index (χ0n) is 13.9. The monoisotopic (exact) mass is 352 g/mol. The maximum absolute atomic E-state index is 14.2. The van der Waals surface area contributed by atoms with Gasteiger partial charge in [0.05, 0.1) is 11.1 Å². The first-order valence-corrected chi connectivity index (χ1v) is 7.81. The van der Waals surface area contributed by atoms with E-state index in [0.29, 0.717) is 5.76 Å². The molecule has 26 heavy (non-hydrogen) atoms. The fourth-order valence-electron chi connectivity index (χ4n) is 2.76. The minimum absolute atomic E-state index is 0.0170.